The molecule has 2 aromatic heterocycles. The maximum absolute atomic E-state index is 12.4. The van der Waals surface area contributed by atoms with Crippen molar-refractivity contribution < 1.29 is 9.53 Å². The normalized spacial score (nSPS) is 10.9. The molecule has 0 radical (unpaired) electrons. The monoisotopic (exact) mass is 502 g/mol. The van der Waals surface area contributed by atoms with E-state index in [9.17, 15) is 4.79 Å². The number of esters is 1. The van der Waals surface area contributed by atoms with Gasteiger partial charge in [0.25, 0.3) is 0 Å². The van der Waals surface area contributed by atoms with Crippen molar-refractivity contribution in [2.75, 3.05) is 6.61 Å². The highest BCUT2D eigenvalue weighted by Gasteiger charge is 2.27. The van der Waals surface area contributed by atoms with Gasteiger partial charge in [-0.05, 0) is 48.0 Å². The molecule has 0 aliphatic heterocycles. The van der Waals surface area contributed by atoms with Gasteiger partial charge in [0.1, 0.15) is 10.7 Å². The van der Waals surface area contributed by atoms with Crippen LogP contribution in [0.1, 0.15) is 23.0 Å². The van der Waals surface area contributed by atoms with E-state index in [0.717, 1.165) is 16.1 Å². The molecule has 2 aromatic carbocycles. The Bertz CT molecular complexity index is 1240. The maximum Gasteiger partial charge on any atom is 0.360 e. The third kappa shape index (κ3) is 3.90. The van der Waals surface area contributed by atoms with E-state index in [2.05, 4.69) is 37.3 Å². The largest absolute Gasteiger partial charge is 0.461 e. The molecule has 0 atom stereocenters. The van der Waals surface area contributed by atoms with Crippen molar-refractivity contribution in [3.05, 3.63) is 69.3 Å². The Kier molecular flexibility index (Phi) is 5.99. The molecular formula is C21H16BrClN4O2S. The van der Waals surface area contributed by atoms with Crippen LogP contribution in [0, 0.1) is 6.92 Å². The summed E-state index contributed by atoms with van der Waals surface area (Å²) >= 11 is 11.3. The SMILES string of the molecule is CCOC(=O)c1nn(-c2ccccc2Cl)c(-c2nnc(-c3cccc(C)c3)s2)c1Br. The zero-order valence-corrected chi connectivity index (χ0v) is 19.3. The van der Waals surface area contributed by atoms with Gasteiger partial charge in [-0.25, -0.2) is 9.48 Å². The van der Waals surface area contributed by atoms with E-state index in [1.165, 1.54) is 11.3 Å². The molecule has 4 aromatic rings. The molecule has 0 amide bonds. The molecule has 0 unspecified atom stereocenters. The van der Waals surface area contributed by atoms with Crippen LogP contribution in [-0.4, -0.2) is 32.6 Å². The van der Waals surface area contributed by atoms with E-state index in [4.69, 9.17) is 16.3 Å². The maximum atomic E-state index is 12.4. The van der Waals surface area contributed by atoms with Crippen LogP contribution in [0.5, 0.6) is 0 Å². The van der Waals surface area contributed by atoms with Crippen molar-refractivity contribution in [1.29, 1.82) is 0 Å². The summed E-state index contributed by atoms with van der Waals surface area (Å²) in [5.41, 5.74) is 3.47. The predicted molar refractivity (Wildman–Crippen MR) is 121 cm³/mol. The summed E-state index contributed by atoms with van der Waals surface area (Å²) in [5, 5.41) is 15.1. The smallest absolute Gasteiger partial charge is 0.360 e. The highest BCUT2D eigenvalue weighted by atomic mass is 79.9. The Morgan fingerprint density at radius 2 is 1.93 bits per heavy atom. The van der Waals surface area contributed by atoms with Gasteiger partial charge in [0, 0.05) is 5.56 Å². The number of hydrogen-bond acceptors (Lipinski definition) is 6. The van der Waals surface area contributed by atoms with Crippen LogP contribution in [0.3, 0.4) is 0 Å². The van der Waals surface area contributed by atoms with E-state index in [1.54, 1.807) is 17.7 Å². The van der Waals surface area contributed by atoms with Crippen LogP contribution in [0.2, 0.25) is 5.02 Å². The minimum atomic E-state index is -0.528. The molecule has 0 N–H and O–H groups in total. The van der Waals surface area contributed by atoms with Gasteiger partial charge in [0.05, 0.1) is 21.8 Å². The molecular weight excluding hydrogens is 488 g/mol. The number of ether oxygens (including phenoxy) is 1. The lowest BCUT2D eigenvalue weighted by atomic mass is 10.1. The van der Waals surface area contributed by atoms with Crippen LogP contribution >= 0.6 is 38.9 Å². The predicted octanol–water partition coefficient (Wildman–Crippen LogP) is 5.96. The third-order valence-electron chi connectivity index (χ3n) is 4.27. The first-order chi connectivity index (χ1) is 14.5. The quantitative estimate of drug-likeness (QED) is 0.314. The first kappa shape index (κ1) is 20.7. The second-order valence-electron chi connectivity index (χ2n) is 6.38. The van der Waals surface area contributed by atoms with Crippen LogP contribution in [0.4, 0.5) is 0 Å². The zero-order chi connectivity index (χ0) is 21.3. The van der Waals surface area contributed by atoms with Crippen LogP contribution in [0.15, 0.2) is 53.0 Å². The van der Waals surface area contributed by atoms with Gasteiger partial charge in [-0.3, -0.25) is 0 Å². The zero-order valence-electron chi connectivity index (χ0n) is 16.1. The van der Waals surface area contributed by atoms with Crippen LogP contribution in [0.25, 0.3) is 27.0 Å². The molecule has 0 saturated carbocycles. The van der Waals surface area contributed by atoms with Crippen molar-refractivity contribution in [3.63, 3.8) is 0 Å². The molecule has 0 fully saturated rings. The summed E-state index contributed by atoms with van der Waals surface area (Å²) in [6.45, 7) is 4.02. The Morgan fingerprint density at radius 1 is 1.17 bits per heavy atom. The molecule has 6 nitrogen and oxygen atoms in total. The topological polar surface area (TPSA) is 69.9 Å². The molecule has 30 heavy (non-hydrogen) atoms. The standard InChI is InChI=1S/C21H16BrClN4O2S/c1-3-29-21(28)17-16(22)18(27(26-17)15-10-5-4-9-14(15)23)20-25-24-19(30-20)13-8-6-7-12(2)11-13/h4-11H,3H2,1-2H3. The molecule has 4 rings (SSSR count). The molecule has 9 heteroatoms. The average Bonchev–Trinajstić information content (AvgIpc) is 3.33. The van der Waals surface area contributed by atoms with Crippen molar-refractivity contribution in [2.45, 2.75) is 13.8 Å². The van der Waals surface area contributed by atoms with Gasteiger partial charge >= 0.3 is 5.97 Å². The van der Waals surface area contributed by atoms with E-state index in [1.807, 2.05) is 43.3 Å². The minimum Gasteiger partial charge on any atom is -0.461 e. The molecule has 0 saturated heterocycles. The summed E-state index contributed by atoms with van der Waals surface area (Å²) in [7, 11) is 0. The fraction of sp³-hybridized carbons (Fsp3) is 0.143. The Hall–Kier alpha value is -2.55. The van der Waals surface area contributed by atoms with Crippen LogP contribution < -0.4 is 0 Å². The molecule has 0 bridgehead atoms. The van der Waals surface area contributed by atoms with E-state index in [0.29, 0.717) is 25.9 Å². The van der Waals surface area contributed by atoms with Gasteiger partial charge in [-0.15, -0.1) is 10.2 Å². The molecule has 0 spiro atoms. The number of para-hydroxylation sites is 1. The molecule has 2 heterocycles. The van der Waals surface area contributed by atoms with Gasteiger partial charge in [-0.2, -0.15) is 5.10 Å². The molecule has 0 aliphatic carbocycles. The molecule has 152 valence electrons. The van der Waals surface area contributed by atoms with Crippen molar-refractivity contribution >= 4 is 44.8 Å². The van der Waals surface area contributed by atoms with Crippen LogP contribution in [-0.2, 0) is 4.74 Å². The number of carbonyl (C=O) groups excluding carboxylic acids is 1. The van der Waals surface area contributed by atoms with Crippen molar-refractivity contribution in [1.82, 2.24) is 20.0 Å². The number of benzene rings is 2. The number of nitrogens with zero attached hydrogens (tertiary/aromatic N) is 4. The lowest BCUT2D eigenvalue weighted by Crippen LogP contribution is -2.07. The van der Waals surface area contributed by atoms with E-state index >= 15 is 0 Å². The Labute approximate surface area is 190 Å². The minimum absolute atomic E-state index is 0.152. The Balaban J connectivity index is 1.89. The lowest BCUT2D eigenvalue weighted by Gasteiger charge is -2.07. The third-order valence-corrected chi connectivity index (χ3v) is 6.32. The number of halogens is 2. The fourth-order valence-electron chi connectivity index (χ4n) is 2.92. The lowest BCUT2D eigenvalue weighted by molar-refractivity contribution is 0.0518. The second kappa shape index (κ2) is 8.67. The van der Waals surface area contributed by atoms with E-state index < -0.39 is 5.97 Å². The van der Waals surface area contributed by atoms with Gasteiger partial charge in [-0.1, -0.05) is 58.8 Å². The summed E-state index contributed by atoms with van der Waals surface area (Å²) in [4.78, 5) is 12.4. The van der Waals surface area contributed by atoms with Gasteiger partial charge in [0.15, 0.2) is 10.7 Å². The second-order valence-corrected chi connectivity index (χ2v) is 8.55. The number of aromatic nitrogens is 4. The van der Waals surface area contributed by atoms with Crippen molar-refractivity contribution in [3.8, 4) is 27.0 Å². The van der Waals surface area contributed by atoms with Gasteiger partial charge < -0.3 is 4.74 Å². The summed E-state index contributed by atoms with van der Waals surface area (Å²) in [5.74, 6) is -0.528. The first-order valence-electron chi connectivity index (χ1n) is 9.11. The highest BCUT2D eigenvalue weighted by Crippen LogP contribution is 2.38. The number of hydrogen-bond donors (Lipinski definition) is 0. The summed E-state index contributed by atoms with van der Waals surface area (Å²) in [6, 6.07) is 15.3. The number of aryl methyl sites for hydroxylation is 1. The Morgan fingerprint density at radius 3 is 2.67 bits per heavy atom. The van der Waals surface area contributed by atoms with E-state index in [-0.39, 0.29) is 12.3 Å². The fourth-order valence-corrected chi connectivity index (χ4v) is 4.75. The first-order valence-corrected chi connectivity index (χ1v) is 11.1. The highest BCUT2D eigenvalue weighted by molar-refractivity contribution is 9.10. The van der Waals surface area contributed by atoms with Crippen molar-refractivity contribution in [2.24, 2.45) is 0 Å². The summed E-state index contributed by atoms with van der Waals surface area (Å²) in [6.07, 6.45) is 0. The average molecular weight is 504 g/mol. The van der Waals surface area contributed by atoms with Gasteiger partial charge in [0.2, 0.25) is 0 Å². The number of rotatable bonds is 5. The number of carbonyl (C=O) groups is 1. The molecule has 0 aliphatic rings. The summed E-state index contributed by atoms with van der Waals surface area (Å²) < 4.78 is 7.23.